The highest BCUT2D eigenvalue weighted by Crippen LogP contribution is 2.24. The number of nitrogens with two attached hydrogens (primary N) is 2. The van der Waals surface area contributed by atoms with Gasteiger partial charge in [-0.05, 0) is 43.7 Å². The fourth-order valence-electron chi connectivity index (χ4n) is 3.46. The van der Waals surface area contributed by atoms with Crippen molar-refractivity contribution >= 4 is 22.7 Å². The third kappa shape index (κ3) is 3.59. The van der Waals surface area contributed by atoms with E-state index in [9.17, 15) is 9.59 Å². The molecule has 128 valence electrons. The van der Waals surface area contributed by atoms with Gasteiger partial charge in [-0.25, -0.2) is 0 Å². The molecule has 3 rings (SSSR count). The van der Waals surface area contributed by atoms with Crippen molar-refractivity contribution in [1.29, 1.82) is 0 Å². The van der Waals surface area contributed by atoms with Gasteiger partial charge in [0.1, 0.15) is 0 Å². The highest BCUT2D eigenvalue weighted by atomic mass is 16.2. The summed E-state index contributed by atoms with van der Waals surface area (Å²) in [7, 11) is 0. The first-order valence-electron chi connectivity index (χ1n) is 8.45. The van der Waals surface area contributed by atoms with E-state index < -0.39 is 6.04 Å². The maximum Gasteiger partial charge on any atom is 0.237 e. The molecule has 2 amide bonds. The first-order valence-corrected chi connectivity index (χ1v) is 8.45. The Morgan fingerprint density at radius 3 is 2.62 bits per heavy atom. The predicted molar refractivity (Wildman–Crippen MR) is 93.1 cm³/mol. The molecule has 1 aromatic heterocycles. The molecule has 0 bridgehead atoms. The van der Waals surface area contributed by atoms with Crippen LogP contribution in [-0.4, -0.2) is 28.9 Å². The molecule has 1 aromatic carbocycles. The van der Waals surface area contributed by atoms with Gasteiger partial charge < -0.3 is 21.8 Å². The van der Waals surface area contributed by atoms with Crippen molar-refractivity contribution in [2.75, 3.05) is 0 Å². The lowest BCUT2D eigenvalue weighted by Crippen LogP contribution is -2.47. The minimum absolute atomic E-state index is 0.0574. The van der Waals surface area contributed by atoms with Crippen LogP contribution in [0.4, 0.5) is 0 Å². The zero-order valence-electron chi connectivity index (χ0n) is 13.6. The van der Waals surface area contributed by atoms with Crippen LogP contribution in [0.15, 0.2) is 30.5 Å². The van der Waals surface area contributed by atoms with Crippen molar-refractivity contribution in [1.82, 2.24) is 10.3 Å². The van der Waals surface area contributed by atoms with Crippen LogP contribution in [0.2, 0.25) is 0 Å². The number of amides is 2. The van der Waals surface area contributed by atoms with Crippen LogP contribution in [0.1, 0.15) is 31.2 Å². The van der Waals surface area contributed by atoms with Crippen molar-refractivity contribution in [2.24, 2.45) is 17.4 Å². The molecule has 6 N–H and O–H groups in total. The number of hydrogen-bond acceptors (Lipinski definition) is 3. The second-order valence-corrected chi connectivity index (χ2v) is 6.63. The molecule has 0 radical (unpaired) electrons. The Hall–Kier alpha value is -2.34. The Balaban J connectivity index is 1.55. The fraction of sp³-hybridized carbons (Fsp3) is 0.444. The standard InChI is InChI=1S/C18H24N4O2/c19-15(9-12-10-21-16-4-2-1-3-14(12)16)18(24)22-13-7-5-11(6-8-13)17(20)23/h1-4,10-11,13,15,21H,5-9,19H2,(H2,20,23)(H,22,24)/t11?,13?,15-/m0/s1. The van der Waals surface area contributed by atoms with Crippen molar-refractivity contribution in [2.45, 2.75) is 44.2 Å². The Morgan fingerprint density at radius 1 is 1.21 bits per heavy atom. The Kier molecular flexibility index (Phi) is 4.85. The Morgan fingerprint density at radius 2 is 1.92 bits per heavy atom. The molecule has 6 nitrogen and oxygen atoms in total. The van der Waals surface area contributed by atoms with E-state index in [1.165, 1.54) is 0 Å². The normalized spacial score (nSPS) is 22.2. The Bertz CT molecular complexity index is 731. The van der Waals surface area contributed by atoms with Crippen LogP contribution in [0.25, 0.3) is 10.9 Å². The molecule has 1 aliphatic rings. The quantitative estimate of drug-likeness (QED) is 0.661. The number of aromatic nitrogens is 1. The Labute approximate surface area is 141 Å². The van der Waals surface area contributed by atoms with E-state index in [1.54, 1.807) is 0 Å². The molecule has 1 atom stereocenters. The molecule has 1 fully saturated rings. The van der Waals surface area contributed by atoms with Gasteiger partial charge in [0.25, 0.3) is 0 Å². The third-order valence-electron chi connectivity index (χ3n) is 4.93. The summed E-state index contributed by atoms with van der Waals surface area (Å²) in [5.74, 6) is -0.434. The molecule has 6 heteroatoms. The van der Waals surface area contributed by atoms with E-state index in [-0.39, 0.29) is 23.8 Å². The largest absolute Gasteiger partial charge is 0.369 e. The maximum absolute atomic E-state index is 12.4. The number of nitrogens with one attached hydrogen (secondary N) is 2. The van der Waals surface area contributed by atoms with Crippen LogP contribution in [0.3, 0.4) is 0 Å². The molecule has 24 heavy (non-hydrogen) atoms. The lowest BCUT2D eigenvalue weighted by molar-refractivity contribution is -0.123. The number of rotatable bonds is 5. The molecule has 1 saturated carbocycles. The first-order chi connectivity index (χ1) is 11.5. The fourth-order valence-corrected chi connectivity index (χ4v) is 3.46. The minimum atomic E-state index is -0.585. The molecule has 0 aliphatic heterocycles. The summed E-state index contributed by atoms with van der Waals surface area (Å²) in [6, 6.07) is 7.47. The maximum atomic E-state index is 12.4. The summed E-state index contributed by atoms with van der Waals surface area (Å²) in [5.41, 5.74) is 13.5. The lowest BCUT2D eigenvalue weighted by Gasteiger charge is -2.28. The molecule has 2 aromatic rings. The highest BCUT2D eigenvalue weighted by molar-refractivity contribution is 5.86. The summed E-state index contributed by atoms with van der Waals surface area (Å²) in [6.45, 7) is 0. The van der Waals surface area contributed by atoms with Gasteiger partial charge in [0, 0.05) is 29.1 Å². The van der Waals surface area contributed by atoms with E-state index >= 15 is 0 Å². The highest BCUT2D eigenvalue weighted by Gasteiger charge is 2.27. The van der Waals surface area contributed by atoms with E-state index in [0.717, 1.165) is 42.1 Å². The first kappa shape index (κ1) is 16.5. The second kappa shape index (κ2) is 7.05. The van der Waals surface area contributed by atoms with Gasteiger partial charge in [0.15, 0.2) is 0 Å². The van der Waals surface area contributed by atoms with E-state index in [1.807, 2.05) is 30.5 Å². The van der Waals surface area contributed by atoms with Crippen molar-refractivity contribution in [3.8, 4) is 0 Å². The van der Waals surface area contributed by atoms with Crippen LogP contribution < -0.4 is 16.8 Å². The van der Waals surface area contributed by atoms with Gasteiger partial charge in [-0.3, -0.25) is 9.59 Å². The van der Waals surface area contributed by atoms with E-state index in [2.05, 4.69) is 10.3 Å². The molecule has 0 saturated heterocycles. The van der Waals surface area contributed by atoms with Crippen LogP contribution in [-0.2, 0) is 16.0 Å². The number of para-hydroxylation sites is 1. The predicted octanol–water partition coefficient (Wildman–Crippen LogP) is 1.20. The van der Waals surface area contributed by atoms with Gasteiger partial charge in [0.05, 0.1) is 6.04 Å². The molecular formula is C18H24N4O2. The van der Waals surface area contributed by atoms with E-state index in [0.29, 0.717) is 6.42 Å². The molecule has 1 heterocycles. The minimum Gasteiger partial charge on any atom is -0.369 e. The number of benzene rings is 1. The molecule has 0 spiro atoms. The third-order valence-corrected chi connectivity index (χ3v) is 4.93. The monoisotopic (exact) mass is 328 g/mol. The molecule has 1 aliphatic carbocycles. The SMILES string of the molecule is NC(=O)C1CCC(NC(=O)[C@@H](N)Cc2c[nH]c3ccccc23)CC1. The number of primary amides is 1. The number of H-pyrrole nitrogens is 1. The van der Waals surface area contributed by atoms with Crippen LogP contribution in [0.5, 0.6) is 0 Å². The van der Waals surface area contributed by atoms with Gasteiger partial charge in [0.2, 0.25) is 11.8 Å². The van der Waals surface area contributed by atoms with Crippen molar-refractivity contribution < 1.29 is 9.59 Å². The molecular weight excluding hydrogens is 304 g/mol. The summed E-state index contributed by atoms with van der Waals surface area (Å²) in [6.07, 6.45) is 5.43. The van der Waals surface area contributed by atoms with Gasteiger partial charge in [-0.1, -0.05) is 18.2 Å². The zero-order valence-corrected chi connectivity index (χ0v) is 13.6. The summed E-state index contributed by atoms with van der Waals surface area (Å²) < 4.78 is 0. The number of carbonyl (C=O) groups excluding carboxylic acids is 2. The van der Waals surface area contributed by atoms with Crippen LogP contribution >= 0.6 is 0 Å². The van der Waals surface area contributed by atoms with Crippen molar-refractivity contribution in [3.05, 3.63) is 36.0 Å². The van der Waals surface area contributed by atoms with Crippen molar-refractivity contribution in [3.63, 3.8) is 0 Å². The summed E-state index contributed by atoms with van der Waals surface area (Å²) in [5, 5.41) is 4.11. The lowest BCUT2D eigenvalue weighted by atomic mass is 9.85. The number of aromatic amines is 1. The van der Waals surface area contributed by atoms with Gasteiger partial charge >= 0.3 is 0 Å². The average molecular weight is 328 g/mol. The average Bonchev–Trinajstić information content (AvgIpc) is 2.98. The zero-order chi connectivity index (χ0) is 17.1. The van der Waals surface area contributed by atoms with Gasteiger partial charge in [-0.15, -0.1) is 0 Å². The summed E-state index contributed by atoms with van der Waals surface area (Å²) in [4.78, 5) is 26.7. The molecule has 0 unspecified atom stereocenters. The van der Waals surface area contributed by atoms with Gasteiger partial charge in [-0.2, -0.15) is 0 Å². The second-order valence-electron chi connectivity index (χ2n) is 6.63. The van der Waals surface area contributed by atoms with Crippen LogP contribution in [0, 0.1) is 5.92 Å². The topological polar surface area (TPSA) is 114 Å². The number of fused-ring (bicyclic) bond motifs is 1. The smallest absolute Gasteiger partial charge is 0.237 e. The number of carbonyl (C=O) groups is 2. The number of hydrogen-bond donors (Lipinski definition) is 4. The van der Waals surface area contributed by atoms with E-state index in [4.69, 9.17) is 11.5 Å². The summed E-state index contributed by atoms with van der Waals surface area (Å²) >= 11 is 0.